The fourth-order valence-corrected chi connectivity index (χ4v) is 4.32. The SMILES string of the molecule is CCOc1ccccc1C(=O)N1CCN(C(=O)c2ccccc2S(=O)CC)CC1. The Hall–Kier alpha value is -2.67. The molecule has 2 aromatic carbocycles. The summed E-state index contributed by atoms with van der Waals surface area (Å²) in [6, 6.07) is 14.3. The third-order valence-electron chi connectivity index (χ3n) is 4.90. The second-order valence-electron chi connectivity index (χ2n) is 6.64. The molecule has 1 fully saturated rings. The molecule has 1 heterocycles. The van der Waals surface area contributed by atoms with Gasteiger partial charge in [-0.05, 0) is 31.2 Å². The Morgan fingerprint density at radius 1 is 0.862 bits per heavy atom. The Morgan fingerprint density at radius 2 is 1.38 bits per heavy atom. The zero-order valence-electron chi connectivity index (χ0n) is 16.8. The minimum absolute atomic E-state index is 0.0892. The summed E-state index contributed by atoms with van der Waals surface area (Å²) in [7, 11) is -1.20. The molecule has 0 aromatic heterocycles. The van der Waals surface area contributed by atoms with E-state index in [2.05, 4.69) is 0 Å². The molecule has 6 nitrogen and oxygen atoms in total. The van der Waals surface area contributed by atoms with E-state index in [1.165, 1.54) is 0 Å². The maximum absolute atomic E-state index is 13.0. The number of ether oxygens (including phenoxy) is 1. The molecule has 29 heavy (non-hydrogen) atoms. The molecule has 1 aliphatic heterocycles. The van der Waals surface area contributed by atoms with E-state index in [0.717, 1.165) is 0 Å². The van der Waals surface area contributed by atoms with Crippen LogP contribution in [0.1, 0.15) is 34.6 Å². The monoisotopic (exact) mass is 414 g/mol. The van der Waals surface area contributed by atoms with E-state index in [-0.39, 0.29) is 11.8 Å². The number of carbonyl (C=O) groups excluding carboxylic acids is 2. The number of piperazine rings is 1. The highest BCUT2D eigenvalue weighted by Gasteiger charge is 2.28. The summed E-state index contributed by atoms with van der Waals surface area (Å²) in [5.74, 6) is 0.818. The summed E-state index contributed by atoms with van der Waals surface area (Å²) in [5, 5.41) is 0. The van der Waals surface area contributed by atoms with E-state index >= 15 is 0 Å². The molecule has 0 saturated carbocycles. The van der Waals surface area contributed by atoms with Crippen LogP contribution in [0.4, 0.5) is 0 Å². The summed E-state index contributed by atoms with van der Waals surface area (Å²) in [6.45, 7) is 5.99. The first-order valence-corrected chi connectivity index (χ1v) is 11.2. The molecule has 2 aromatic rings. The molecule has 0 aliphatic carbocycles. The molecule has 2 amide bonds. The second-order valence-corrected chi connectivity index (χ2v) is 8.35. The number of benzene rings is 2. The number of rotatable bonds is 6. The van der Waals surface area contributed by atoms with Crippen molar-refractivity contribution in [3.63, 3.8) is 0 Å². The third-order valence-corrected chi connectivity index (χ3v) is 6.27. The van der Waals surface area contributed by atoms with Crippen molar-refractivity contribution >= 4 is 22.6 Å². The van der Waals surface area contributed by atoms with E-state index in [0.29, 0.717) is 60.3 Å². The number of nitrogens with zero attached hydrogens (tertiary/aromatic N) is 2. The average Bonchev–Trinajstić information content (AvgIpc) is 2.78. The van der Waals surface area contributed by atoms with Gasteiger partial charge < -0.3 is 14.5 Å². The zero-order valence-corrected chi connectivity index (χ0v) is 17.6. The van der Waals surface area contributed by atoms with Crippen molar-refractivity contribution in [1.82, 2.24) is 9.80 Å². The maximum Gasteiger partial charge on any atom is 0.257 e. The number of hydrogen-bond acceptors (Lipinski definition) is 4. The smallest absolute Gasteiger partial charge is 0.257 e. The highest BCUT2D eigenvalue weighted by molar-refractivity contribution is 7.85. The van der Waals surface area contributed by atoms with Crippen LogP contribution < -0.4 is 4.74 Å². The van der Waals surface area contributed by atoms with E-state index in [4.69, 9.17) is 4.74 Å². The Bertz CT molecular complexity index is 907. The lowest BCUT2D eigenvalue weighted by Crippen LogP contribution is -2.50. The van der Waals surface area contributed by atoms with Gasteiger partial charge in [-0.2, -0.15) is 0 Å². The van der Waals surface area contributed by atoms with Crippen LogP contribution in [0, 0.1) is 0 Å². The van der Waals surface area contributed by atoms with Gasteiger partial charge in [0, 0.05) is 31.9 Å². The quantitative estimate of drug-likeness (QED) is 0.729. The average molecular weight is 415 g/mol. The molecule has 0 N–H and O–H groups in total. The van der Waals surface area contributed by atoms with E-state index in [1.807, 2.05) is 26.0 Å². The third kappa shape index (κ3) is 4.67. The van der Waals surface area contributed by atoms with Gasteiger partial charge in [-0.25, -0.2) is 0 Å². The van der Waals surface area contributed by atoms with Gasteiger partial charge in [-0.3, -0.25) is 13.8 Å². The van der Waals surface area contributed by atoms with Crippen LogP contribution in [0.15, 0.2) is 53.4 Å². The summed E-state index contributed by atoms with van der Waals surface area (Å²) in [4.78, 5) is 30.0. The zero-order chi connectivity index (χ0) is 20.8. The minimum atomic E-state index is -1.20. The minimum Gasteiger partial charge on any atom is -0.493 e. The number of hydrogen-bond donors (Lipinski definition) is 0. The highest BCUT2D eigenvalue weighted by Crippen LogP contribution is 2.22. The predicted octanol–water partition coefficient (Wildman–Crippen LogP) is 2.81. The van der Waals surface area contributed by atoms with Gasteiger partial charge in [0.05, 0.1) is 33.4 Å². The predicted molar refractivity (Wildman–Crippen MR) is 113 cm³/mol. The summed E-state index contributed by atoms with van der Waals surface area (Å²) >= 11 is 0. The molecule has 1 atom stereocenters. The van der Waals surface area contributed by atoms with Gasteiger partial charge in [0.15, 0.2) is 0 Å². The molecular weight excluding hydrogens is 388 g/mol. The molecule has 0 spiro atoms. The van der Waals surface area contributed by atoms with E-state index < -0.39 is 10.8 Å². The highest BCUT2D eigenvalue weighted by atomic mass is 32.2. The van der Waals surface area contributed by atoms with Crippen molar-refractivity contribution in [2.24, 2.45) is 0 Å². The van der Waals surface area contributed by atoms with Gasteiger partial charge in [-0.15, -0.1) is 0 Å². The van der Waals surface area contributed by atoms with Gasteiger partial charge in [-0.1, -0.05) is 31.2 Å². The maximum atomic E-state index is 13.0. The fraction of sp³-hybridized carbons (Fsp3) is 0.364. The summed E-state index contributed by atoms with van der Waals surface area (Å²) in [5.41, 5.74) is 1.02. The van der Waals surface area contributed by atoms with Gasteiger partial charge in [0.1, 0.15) is 5.75 Å². The van der Waals surface area contributed by atoms with Crippen LogP contribution >= 0.6 is 0 Å². The standard InChI is InChI=1S/C22H26N2O4S/c1-3-28-19-11-7-5-9-17(19)21(25)23-13-15-24(16-14-23)22(26)18-10-6-8-12-20(18)29(27)4-2/h5-12H,3-4,13-16H2,1-2H3. The van der Waals surface area contributed by atoms with Crippen molar-refractivity contribution in [2.75, 3.05) is 38.5 Å². The first-order valence-electron chi connectivity index (χ1n) is 9.84. The van der Waals surface area contributed by atoms with Crippen molar-refractivity contribution < 1.29 is 18.5 Å². The molecule has 1 saturated heterocycles. The lowest BCUT2D eigenvalue weighted by Gasteiger charge is -2.35. The normalized spacial score (nSPS) is 15.1. The molecule has 154 valence electrons. The number of para-hydroxylation sites is 1. The summed E-state index contributed by atoms with van der Waals surface area (Å²) in [6.07, 6.45) is 0. The lowest BCUT2D eigenvalue weighted by molar-refractivity contribution is 0.0531. The van der Waals surface area contributed by atoms with Crippen molar-refractivity contribution in [3.05, 3.63) is 59.7 Å². The van der Waals surface area contributed by atoms with Crippen LogP contribution in [0.5, 0.6) is 5.75 Å². The van der Waals surface area contributed by atoms with Crippen LogP contribution in [0.2, 0.25) is 0 Å². The molecular formula is C22H26N2O4S. The Morgan fingerprint density at radius 3 is 1.97 bits per heavy atom. The molecule has 3 rings (SSSR count). The van der Waals surface area contributed by atoms with Crippen LogP contribution in [0.3, 0.4) is 0 Å². The van der Waals surface area contributed by atoms with Crippen molar-refractivity contribution in [1.29, 1.82) is 0 Å². The second kappa shape index (κ2) is 9.69. The van der Waals surface area contributed by atoms with Gasteiger partial charge >= 0.3 is 0 Å². The molecule has 1 aliphatic rings. The van der Waals surface area contributed by atoms with Gasteiger partial charge in [0.25, 0.3) is 11.8 Å². The van der Waals surface area contributed by atoms with Crippen LogP contribution in [0.25, 0.3) is 0 Å². The number of carbonyl (C=O) groups is 2. The van der Waals surface area contributed by atoms with Crippen molar-refractivity contribution in [2.45, 2.75) is 18.7 Å². The van der Waals surface area contributed by atoms with E-state index in [9.17, 15) is 13.8 Å². The molecule has 0 bridgehead atoms. The Kier molecular flexibility index (Phi) is 7.04. The van der Waals surface area contributed by atoms with E-state index in [1.54, 1.807) is 46.2 Å². The molecule has 1 unspecified atom stereocenters. The van der Waals surface area contributed by atoms with Gasteiger partial charge in [0.2, 0.25) is 0 Å². The van der Waals surface area contributed by atoms with Crippen LogP contribution in [-0.2, 0) is 10.8 Å². The summed E-state index contributed by atoms with van der Waals surface area (Å²) < 4.78 is 17.9. The molecule has 0 radical (unpaired) electrons. The first kappa shape index (κ1) is 21.0. The van der Waals surface area contributed by atoms with Crippen molar-refractivity contribution in [3.8, 4) is 5.75 Å². The topological polar surface area (TPSA) is 66.9 Å². The fourth-order valence-electron chi connectivity index (χ4n) is 3.38. The first-order chi connectivity index (χ1) is 14.1. The number of amides is 2. The molecule has 7 heteroatoms. The lowest BCUT2D eigenvalue weighted by atomic mass is 10.1. The van der Waals surface area contributed by atoms with Crippen LogP contribution in [-0.4, -0.2) is 64.4 Å². The Balaban J connectivity index is 1.69. The Labute approximate surface area is 173 Å². The largest absolute Gasteiger partial charge is 0.493 e.